The lowest BCUT2D eigenvalue weighted by atomic mass is 9.88. The van der Waals surface area contributed by atoms with Gasteiger partial charge in [0.05, 0.1) is 11.6 Å². The summed E-state index contributed by atoms with van der Waals surface area (Å²) in [6, 6.07) is 69.1. The third-order valence-corrected chi connectivity index (χ3v) is 18.0. The number of aromatic nitrogens is 15. The first-order valence-electron chi connectivity index (χ1n) is 36.8. The Kier molecular flexibility index (Phi) is 24.1. The number of fused-ring (bicyclic) bond motifs is 2. The number of ether oxygens (including phenoxy) is 1. The molecule has 564 valence electrons. The van der Waals surface area contributed by atoms with Crippen LogP contribution in [0.25, 0.3) is 136 Å². The van der Waals surface area contributed by atoms with E-state index in [-0.39, 0.29) is 17.5 Å². The SMILES string of the molecule is CC(C)(C)OC(=O)N1CCC(c2cccc(-c3nc(-c4ccncc4)no3)c2)CC1.CC(C)CCc1cccc(-c2nc(-c3ccncc3)no2)c1.N#Cc1cc(F)cc(-c2nc(-c3ccncc3)no2)c1.c1ccc2c(-c3nc(-c4ccncc4)no3)cccc2c1.c1ccc2cc(-c3nc(-c4ccncc4)no3)ccc2c1. The fourth-order valence-corrected chi connectivity index (χ4v) is 12.3. The van der Waals surface area contributed by atoms with Crippen LogP contribution in [0.5, 0.6) is 0 Å². The Bertz CT molecular complexity index is 6030. The molecule has 18 rings (SSSR count). The minimum atomic E-state index is -0.525. The average molecular weight is 1510 g/mol. The molecule has 0 radical (unpaired) electrons. The second kappa shape index (κ2) is 36.2. The van der Waals surface area contributed by atoms with Crippen LogP contribution in [0, 0.1) is 23.1 Å². The molecule has 1 aliphatic heterocycles. The van der Waals surface area contributed by atoms with Crippen LogP contribution in [0.4, 0.5) is 9.18 Å². The van der Waals surface area contributed by atoms with Crippen LogP contribution in [-0.4, -0.2) is 105 Å². The summed E-state index contributed by atoms with van der Waals surface area (Å²) in [6.07, 6.45) is 20.7. The standard InChI is InChI=1S/C23H26N4O3.C18H19N3O.2C17H11N3O.C14H7FN4O/c1-23(2,3)29-22(28)27-13-9-16(10-14-27)18-5-4-6-19(15-18)21-25-20(26-30-21)17-7-11-24-12-8-17;1-13(2)6-7-14-4-3-5-16(12-14)18-20-17(21-22-18)15-8-10-19-11-9-15;1-2-6-14-12(4-1)5-3-7-15(14)17-19-16(20-21-17)13-8-10-18-11-9-13;1-2-4-14-11-15(6-5-12(14)3-1)17-19-16(20-21-17)13-7-9-18-10-8-13;15-12-6-9(8-16)5-11(7-12)14-18-13(19-20-14)10-1-3-17-4-2-10/h4-8,11-12,15-16H,9-10,13-14H2,1-3H3;3-5,8-13H,6-7H2,1-2H3;2*1-11H;1-7H. The van der Waals surface area contributed by atoms with Crippen molar-refractivity contribution in [2.45, 2.75) is 71.8 Å². The van der Waals surface area contributed by atoms with E-state index in [2.05, 4.69) is 156 Å². The van der Waals surface area contributed by atoms with Crippen LogP contribution in [0.3, 0.4) is 0 Å². The van der Waals surface area contributed by atoms with Gasteiger partial charge in [-0.25, -0.2) is 9.18 Å². The minimum Gasteiger partial charge on any atom is -0.444 e. The molecular weight excluding hydrogens is 1440 g/mol. The second-order valence-electron chi connectivity index (χ2n) is 27.7. The largest absolute Gasteiger partial charge is 0.444 e. The lowest BCUT2D eigenvalue weighted by molar-refractivity contribution is 0.0204. The third-order valence-electron chi connectivity index (χ3n) is 18.0. The Hall–Kier alpha value is -14.8. The van der Waals surface area contributed by atoms with Gasteiger partial charge in [0.1, 0.15) is 11.4 Å². The van der Waals surface area contributed by atoms with Gasteiger partial charge in [-0.2, -0.15) is 30.2 Å². The highest BCUT2D eigenvalue weighted by atomic mass is 19.1. The number of rotatable bonds is 14. The summed E-state index contributed by atoms with van der Waals surface area (Å²) in [6.45, 7) is 11.5. The summed E-state index contributed by atoms with van der Waals surface area (Å²) in [5, 5.41) is 33.5. The van der Waals surface area contributed by atoms with E-state index in [0.29, 0.717) is 83.2 Å². The number of amides is 1. The summed E-state index contributed by atoms with van der Waals surface area (Å²) in [5.41, 5.74) is 10.6. The van der Waals surface area contributed by atoms with Gasteiger partial charge in [0, 0.05) is 131 Å². The summed E-state index contributed by atoms with van der Waals surface area (Å²) in [7, 11) is 0. The summed E-state index contributed by atoms with van der Waals surface area (Å²) >= 11 is 0. The number of piperidine rings is 1. The van der Waals surface area contributed by atoms with E-state index in [4.69, 9.17) is 32.6 Å². The first-order chi connectivity index (χ1) is 55.7. The van der Waals surface area contributed by atoms with Gasteiger partial charge in [0.25, 0.3) is 29.5 Å². The topological polar surface area (TPSA) is 312 Å². The van der Waals surface area contributed by atoms with Crippen molar-refractivity contribution in [2.75, 3.05) is 13.1 Å². The first kappa shape index (κ1) is 76.0. The van der Waals surface area contributed by atoms with Crippen LogP contribution in [0.2, 0.25) is 0 Å². The summed E-state index contributed by atoms with van der Waals surface area (Å²) < 4.78 is 45.7. The minimum absolute atomic E-state index is 0.160. The molecule has 7 aromatic carbocycles. The van der Waals surface area contributed by atoms with Crippen molar-refractivity contribution in [1.29, 1.82) is 5.26 Å². The van der Waals surface area contributed by atoms with E-state index in [1.54, 1.807) is 79.0 Å². The predicted octanol–water partition coefficient (Wildman–Crippen LogP) is 20.0. The zero-order valence-electron chi connectivity index (χ0n) is 62.7. The number of pyridine rings is 5. The summed E-state index contributed by atoms with van der Waals surface area (Å²) in [5.74, 6) is 5.46. The average Bonchev–Trinajstić information content (AvgIpc) is 1.44. The number of benzene rings is 7. The summed E-state index contributed by atoms with van der Waals surface area (Å²) in [4.78, 5) is 56.1. The molecule has 0 saturated carbocycles. The lowest BCUT2D eigenvalue weighted by Crippen LogP contribution is -2.41. The van der Waals surface area contributed by atoms with Crippen molar-refractivity contribution in [3.63, 3.8) is 0 Å². The molecule has 1 fully saturated rings. The predicted molar refractivity (Wildman–Crippen MR) is 427 cm³/mol. The quantitative estimate of drug-likeness (QED) is 0.0976. The van der Waals surface area contributed by atoms with Gasteiger partial charge < -0.3 is 32.3 Å². The maximum Gasteiger partial charge on any atom is 0.410 e. The molecule has 0 unspecified atom stereocenters. The van der Waals surface area contributed by atoms with Gasteiger partial charge in [0.15, 0.2) is 0 Å². The molecule has 17 aromatic rings. The Morgan fingerprint density at radius 1 is 0.447 bits per heavy atom. The fourth-order valence-electron chi connectivity index (χ4n) is 12.3. The van der Waals surface area contributed by atoms with E-state index in [1.807, 2.05) is 142 Å². The maximum absolute atomic E-state index is 13.4. The van der Waals surface area contributed by atoms with Gasteiger partial charge in [-0.1, -0.05) is 131 Å². The van der Waals surface area contributed by atoms with E-state index < -0.39 is 11.4 Å². The molecule has 0 spiro atoms. The second-order valence-corrected chi connectivity index (χ2v) is 27.7. The van der Waals surface area contributed by atoms with E-state index >= 15 is 0 Å². The number of carbonyl (C=O) groups excluding carboxylic acids is 1. The molecule has 0 atom stereocenters. The van der Waals surface area contributed by atoms with Crippen LogP contribution in [0.15, 0.2) is 297 Å². The number of carbonyl (C=O) groups is 1. The lowest BCUT2D eigenvalue weighted by Gasteiger charge is -2.33. The third kappa shape index (κ3) is 19.8. The van der Waals surface area contributed by atoms with Crippen LogP contribution < -0.4 is 0 Å². The Morgan fingerprint density at radius 3 is 1.36 bits per heavy atom. The zero-order chi connectivity index (χ0) is 78.6. The van der Waals surface area contributed by atoms with Crippen LogP contribution in [0.1, 0.15) is 76.5 Å². The number of hydrogen-bond donors (Lipinski definition) is 0. The number of aryl methyl sites for hydroxylation is 1. The van der Waals surface area contributed by atoms with Crippen molar-refractivity contribution in [3.05, 3.63) is 297 Å². The number of likely N-dealkylation sites (tertiary alicyclic amines) is 1. The smallest absolute Gasteiger partial charge is 0.410 e. The van der Waals surface area contributed by atoms with Crippen molar-refractivity contribution in [1.82, 2.24) is 80.5 Å². The van der Waals surface area contributed by atoms with Crippen LogP contribution >= 0.6 is 0 Å². The van der Waals surface area contributed by atoms with Crippen molar-refractivity contribution < 1.29 is 36.5 Å². The van der Waals surface area contributed by atoms with Crippen LogP contribution in [-0.2, 0) is 11.2 Å². The molecule has 24 nitrogen and oxygen atoms in total. The Balaban J connectivity index is 0.000000119. The number of nitrogens with zero attached hydrogens (tertiary/aromatic N) is 17. The van der Waals surface area contributed by atoms with Gasteiger partial charge >= 0.3 is 6.09 Å². The Labute approximate surface area is 654 Å². The molecule has 25 heteroatoms. The number of hydrogen-bond acceptors (Lipinski definition) is 23. The first-order valence-corrected chi connectivity index (χ1v) is 36.8. The van der Waals surface area contributed by atoms with Gasteiger partial charge in [-0.15, -0.1) is 0 Å². The highest BCUT2D eigenvalue weighted by molar-refractivity contribution is 5.95. The molecule has 1 amide bonds. The normalized spacial score (nSPS) is 11.9. The van der Waals surface area contributed by atoms with E-state index in [1.165, 1.54) is 35.1 Å². The highest BCUT2D eigenvalue weighted by Crippen LogP contribution is 2.35. The maximum atomic E-state index is 13.4. The molecule has 11 heterocycles. The van der Waals surface area contributed by atoms with E-state index in [0.717, 1.165) is 91.6 Å². The number of halogens is 1. The van der Waals surface area contributed by atoms with Gasteiger partial charge in [-0.05, 0) is 212 Å². The molecule has 0 aliphatic carbocycles. The van der Waals surface area contributed by atoms with Gasteiger partial charge in [0.2, 0.25) is 29.1 Å². The van der Waals surface area contributed by atoms with Crippen molar-refractivity contribution in [3.8, 4) is 120 Å². The zero-order valence-corrected chi connectivity index (χ0v) is 62.7. The molecule has 0 bridgehead atoms. The Morgan fingerprint density at radius 2 is 0.868 bits per heavy atom. The number of nitriles is 1. The fraction of sp³-hybridized carbons (Fsp3) is 0.157. The highest BCUT2D eigenvalue weighted by Gasteiger charge is 2.28. The molecule has 1 aliphatic rings. The van der Waals surface area contributed by atoms with Gasteiger partial charge in [-0.3, -0.25) is 24.9 Å². The molecule has 0 N–H and O–H groups in total. The van der Waals surface area contributed by atoms with Crippen molar-refractivity contribution >= 4 is 27.6 Å². The molecule has 114 heavy (non-hydrogen) atoms. The molecule has 10 aromatic heterocycles. The monoisotopic (exact) mass is 1510 g/mol. The van der Waals surface area contributed by atoms with Crippen molar-refractivity contribution in [2.24, 2.45) is 5.92 Å². The van der Waals surface area contributed by atoms with E-state index in [9.17, 15) is 9.18 Å². The molecule has 1 saturated heterocycles. The molecular formula is C89H74FN17O7.